The molecule has 1 aromatic carbocycles. The van der Waals surface area contributed by atoms with Crippen molar-refractivity contribution >= 4 is 46.1 Å². The highest BCUT2D eigenvalue weighted by Gasteiger charge is 2.31. The monoisotopic (exact) mass is 396 g/mol. The standard InChI is InChI=1S/C14H18FIS2/c1-14(2,3)9-7-17-13(18-8-9)11-5-4-10(16)6-12(11)15/h4-6,9,13H,7-8H2,1-3H3. The Labute approximate surface area is 131 Å². The van der Waals surface area contributed by atoms with Crippen LogP contribution in [0.3, 0.4) is 0 Å². The zero-order chi connectivity index (χ0) is 13.3. The first-order valence-corrected chi connectivity index (χ1v) is 9.23. The van der Waals surface area contributed by atoms with Crippen molar-refractivity contribution < 1.29 is 4.39 Å². The second-order valence-corrected chi connectivity index (χ2v) is 9.55. The fourth-order valence-corrected chi connectivity index (χ4v) is 6.13. The van der Waals surface area contributed by atoms with Gasteiger partial charge in [-0.1, -0.05) is 26.8 Å². The maximum Gasteiger partial charge on any atom is 0.129 e. The lowest BCUT2D eigenvalue weighted by Crippen LogP contribution is -2.28. The molecule has 0 bridgehead atoms. The number of hydrogen-bond donors (Lipinski definition) is 0. The maximum atomic E-state index is 13.9. The molecule has 1 saturated heterocycles. The van der Waals surface area contributed by atoms with Crippen molar-refractivity contribution in [2.45, 2.75) is 25.4 Å². The highest BCUT2D eigenvalue weighted by molar-refractivity contribution is 14.1. The van der Waals surface area contributed by atoms with Gasteiger partial charge in [-0.05, 0) is 57.6 Å². The molecule has 0 unspecified atom stereocenters. The van der Waals surface area contributed by atoms with Gasteiger partial charge in [0.1, 0.15) is 5.82 Å². The Kier molecular flexibility index (Phi) is 4.92. The van der Waals surface area contributed by atoms with E-state index in [9.17, 15) is 4.39 Å². The normalized spacial score (nSPS) is 25.2. The smallest absolute Gasteiger partial charge is 0.129 e. The quantitative estimate of drug-likeness (QED) is 0.569. The molecule has 0 amide bonds. The minimum atomic E-state index is -0.0545. The van der Waals surface area contributed by atoms with Crippen LogP contribution < -0.4 is 0 Å². The van der Waals surface area contributed by atoms with Gasteiger partial charge in [-0.15, -0.1) is 23.5 Å². The average molecular weight is 396 g/mol. The summed E-state index contributed by atoms with van der Waals surface area (Å²) in [6, 6.07) is 5.57. The van der Waals surface area contributed by atoms with Crippen molar-refractivity contribution in [1.82, 2.24) is 0 Å². The van der Waals surface area contributed by atoms with Gasteiger partial charge < -0.3 is 0 Å². The largest absolute Gasteiger partial charge is 0.207 e. The molecule has 0 saturated carbocycles. The zero-order valence-corrected chi connectivity index (χ0v) is 14.7. The Bertz CT molecular complexity index is 420. The molecule has 1 aliphatic rings. The van der Waals surface area contributed by atoms with Gasteiger partial charge >= 0.3 is 0 Å². The van der Waals surface area contributed by atoms with Gasteiger partial charge in [-0.2, -0.15) is 0 Å². The maximum absolute atomic E-state index is 13.9. The van der Waals surface area contributed by atoms with Gasteiger partial charge in [0.05, 0.1) is 4.58 Å². The third-order valence-electron chi connectivity index (χ3n) is 3.34. The third-order valence-corrected chi connectivity index (χ3v) is 7.13. The number of halogens is 2. The van der Waals surface area contributed by atoms with Crippen LogP contribution in [-0.4, -0.2) is 11.5 Å². The Morgan fingerprint density at radius 3 is 2.33 bits per heavy atom. The van der Waals surface area contributed by atoms with E-state index in [0.29, 0.717) is 5.41 Å². The molecule has 0 N–H and O–H groups in total. The van der Waals surface area contributed by atoms with E-state index in [1.165, 1.54) is 0 Å². The molecule has 1 aliphatic heterocycles. The Morgan fingerprint density at radius 1 is 1.22 bits per heavy atom. The second-order valence-electron chi connectivity index (χ2n) is 5.73. The van der Waals surface area contributed by atoms with E-state index in [1.807, 2.05) is 35.7 Å². The Balaban J connectivity index is 2.06. The van der Waals surface area contributed by atoms with Crippen LogP contribution in [0.2, 0.25) is 0 Å². The van der Waals surface area contributed by atoms with E-state index in [-0.39, 0.29) is 10.4 Å². The fraction of sp³-hybridized carbons (Fsp3) is 0.571. The SMILES string of the molecule is CC(C)(C)C1CSC(c2ccc(I)cc2F)SC1. The van der Waals surface area contributed by atoms with E-state index in [2.05, 4.69) is 43.4 Å². The Hall–Kier alpha value is 0.580. The van der Waals surface area contributed by atoms with E-state index in [0.717, 1.165) is 26.6 Å². The summed E-state index contributed by atoms with van der Waals surface area (Å²) in [5.74, 6) is 2.93. The van der Waals surface area contributed by atoms with Crippen LogP contribution in [0.15, 0.2) is 18.2 Å². The van der Waals surface area contributed by atoms with Crippen LogP contribution in [-0.2, 0) is 0 Å². The van der Waals surface area contributed by atoms with Gasteiger partial charge in [0.15, 0.2) is 0 Å². The summed E-state index contributed by atoms with van der Waals surface area (Å²) in [7, 11) is 0. The predicted octanol–water partition coefficient (Wildman–Crippen LogP) is 5.57. The summed E-state index contributed by atoms with van der Waals surface area (Å²) >= 11 is 5.94. The fourth-order valence-electron chi connectivity index (χ4n) is 1.88. The molecule has 0 nitrogen and oxygen atoms in total. The minimum absolute atomic E-state index is 0.0545. The summed E-state index contributed by atoms with van der Waals surface area (Å²) in [6.45, 7) is 6.89. The molecule has 1 heterocycles. The molecule has 1 fully saturated rings. The van der Waals surface area contributed by atoms with Crippen molar-refractivity contribution in [3.05, 3.63) is 33.1 Å². The molecule has 2 rings (SSSR count). The predicted molar refractivity (Wildman–Crippen MR) is 89.7 cm³/mol. The van der Waals surface area contributed by atoms with Crippen LogP contribution in [0.5, 0.6) is 0 Å². The van der Waals surface area contributed by atoms with Gasteiger partial charge in [0.25, 0.3) is 0 Å². The van der Waals surface area contributed by atoms with Crippen LogP contribution in [0.25, 0.3) is 0 Å². The number of thioether (sulfide) groups is 2. The molecule has 0 aromatic heterocycles. The lowest BCUT2D eigenvalue weighted by molar-refractivity contribution is 0.292. The van der Waals surface area contributed by atoms with E-state index < -0.39 is 0 Å². The lowest BCUT2D eigenvalue weighted by atomic mass is 9.83. The zero-order valence-electron chi connectivity index (χ0n) is 10.9. The van der Waals surface area contributed by atoms with Crippen molar-refractivity contribution in [3.8, 4) is 0 Å². The van der Waals surface area contributed by atoms with Crippen LogP contribution in [0.4, 0.5) is 4.39 Å². The Morgan fingerprint density at radius 2 is 1.83 bits per heavy atom. The van der Waals surface area contributed by atoms with Gasteiger partial charge in [-0.25, -0.2) is 4.39 Å². The van der Waals surface area contributed by atoms with Gasteiger partial charge in [-0.3, -0.25) is 0 Å². The summed E-state index contributed by atoms with van der Waals surface area (Å²) < 4.78 is 15.2. The topological polar surface area (TPSA) is 0 Å². The van der Waals surface area contributed by atoms with Crippen LogP contribution in [0.1, 0.15) is 30.9 Å². The molecule has 100 valence electrons. The number of hydrogen-bond acceptors (Lipinski definition) is 2. The van der Waals surface area contributed by atoms with Crippen molar-refractivity contribution in [2.75, 3.05) is 11.5 Å². The number of benzene rings is 1. The highest BCUT2D eigenvalue weighted by atomic mass is 127. The van der Waals surface area contributed by atoms with Crippen LogP contribution >= 0.6 is 46.1 Å². The first kappa shape index (κ1) is 15.0. The first-order chi connectivity index (χ1) is 8.38. The van der Waals surface area contributed by atoms with Crippen molar-refractivity contribution in [2.24, 2.45) is 11.3 Å². The molecule has 1 aromatic rings. The summed E-state index contributed by atoms with van der Waals surface area (Å²) in [5, 5.41) is 0. The van der Waals surface area contributed by atoms with Gasteiger partial charge in [0, 0.05) is 9.13 Å². The molecule has 0 spiro atoms. The molecule has 0 aliphatic carbocycles. The second kappa shape index (κ2) is 5.92. The molecule has 4 heteroatoms. The van der Waals surface area contributed by atoms with Crippen molar-refractivity contribution in [3.63, 3.8) is 0 Å². The molecule has 0 atom stereocenters. The molecule has 0 radical (unpaired) electrons. The van der Waals surface area contributed by atoms with Crippen LogP contribution in [0, 0.1) is 20.7 Å². The summed E-state index contributed by atoms with van der Waals surface area (Å²) in [5.41, 5.74) is 1.22. The van der Waals surface area contributed by atoms with E-state index in [4.69, 9.17) is 0 Å². The summed E-state index contributed by atoms with van der Waals surface area (Å²) in [6.07, 6.45) is 0. The van der Waals surface area contributed by atoms with E-state index in [1.54, 1.807) is 6.07 Å². The van der Waals surface area contributed by atoms with Crippen molar-refractivity contribution in [1.29, 1.82) is 0 Å². The van der Waals surface area contributed by atoms with E-state index >= 15 is 0 Å². The molecular formula is C14H18FIS2. The molecule has 18 heavy (non-hydrogen) atoms. The molecular weight excluding hydrogens is 378 g/mol. The minimum Gasteiger partial charge on any atom is -0.207 e. The number of rotatable bonds is 1. The third kappa shape index (κ3) is 3.57. The van der Waals surface area contributed by atoms with Gasteiger partial charge in [0.2, 0.25) is 0 Å². The summed E-state index contributed by atoms with van der Waals surface area (Å²) in [4.78, 5) is 0. The lowest BCUT2D eigenvalue weighted by Gasteiger charge is -2.36. The highest BCUT2D eigenvalue weighted by Crippen LogP contribution is 2.49. The first-order valence-electron chi connectivity index (χ1n) is 6.06. The average Bonchev–Trinajstić information content (AvgIpc) is 2.28.